The van der Waals surface area contributed by atoms with Crippen LogP contribution < -0.4 is 10.6 Å². The van der Waals surface area contributed by atoms with Crippen LogP contribution in [-0.2, 0) is 0 Å². The lowest BCUT2D eigenvalue weighted by atomic mass is 10.0. The zero-order valence-electron chi connectivity index (χ0n) is 17.1. The molecule has 0 spiro atoms. The summed E-state index contributed by atoms with van der Waals surface area (Å²) >= 11 is 1.47. The number of rotatable bonds is 7. The molecule has 0 saturated carbocycles. The van der Waals surface area contributed by atoms with Gasteiger partial charge in [0.25, 0.3) is 0 Å². The summed E-state index contributed by atoms with van der Waals surface area (Å²) in [5.74, 6) is 0.210. The average molecular weight is 402 g/mol. The molecule has 2 heterocycles. The summed E-state index contributed by atoms with van der Waals surface area (Å²) in [6.45, 7) is 16.2. The van der Waals surface area contributed by atoms with E-state index >= 15 is 0 Å². The lowest BCUT2D eigenvalue weighted by Gasteiger charge is -2.14. The van der Waals surface area contributed by atoms with E-state index in [4.69, 9.17) is 5.41 Å². The van der Waals surface area contributed by atoms with E-state index < -0.39 is 0 Å². The third kappa shape index (κ3) is 6.84. The van der Waals surface area contributed by atoms with Gasteiger partial charge in [0.1, 0.15) is 0 Å². The van der Waals surface area contributed by atoms with E-state index in [9.17, 15) is 0 Å². The molecule has 0 amide bonds. The molecule has 148 valence electrons. The van der Waals surface area contributed by atoms with E-state index in [1.807, 2.05) is 48.7 Å². The van der Waals surface area contributed by atoms with E-state index in [2.05, 4.69) is 55.7 Å². The first-order valence-corrected chi connectivity index (χ1v) is 10.3. The van der Waals surface area contributed by atoms with Crippen molar-refractivity contribution in [2.45, 2.75) is 31.1 Å². The van der Waals surface area contributed by atoms with Crippen molar-refractivity contribution >= 4 is 31.1 Å². The largest absolute Gasteiger partial charge is 0.308 e. The highest BCUT2D eigenvalue weighted by atomic mass is 32.2. The molecule has 0 aliphatic carbocycles. The van der Waals surface area contributed by atoms with Gasteiger partial charge < -0.3 is 5.41 Å². The van der Waals surface area contributed by atoms with Crippen molar-refractivity contribution in [1.29, 1.82) is 5.41 Å². The summed E-state index contributed by atoms with van der Waals surface area (Å²) in [6, 6.07) is 13.4. The van der Waals surface area contributed by atoms with Crippen LogP contribution in [0.25, 0.3) is 24.5 Å². The number of nitrogens with zero attached hydrogens (tertiary/aromatic N) is 2. The average Bonchev–Trinajstić information content (AvgIpc) is 2.72. The van der Waals surface area contributed by atoms with Crippen molar-refractivity contribution in [3.8, 4) is 11.4 Å². The lowest BCUT2D eigenvalue weighted by Crippen LogP contribution is -2.03. The first kappa shape index (κ1) is 22.3. The predicted molar refractivity (Wildman–Crippen MR) is 127 cm³/mol. The second-order valence-electron chi connectivity index (χ2n) is 6.56. The fraction of sp³-hybridized carbons (Fsp3) is 0.160. The summed E-state index contributed by atoms with van der Waals surface area (Å²) in [5.41, 5.74) is 2.55. The molecule has 2 aromatic heterocycles. The van der Waals surface area contributed by atoms with Crippen LogP contribution in [0.5, 0.6) is 0 Å². The lowest BCUT2D eigenvalue weighted by molar-refractivity contribution is 0.911. The maximum Gasteiger partial charge on any atom is 0.0897 e. The highest BCUT2D eigenvalue weighted by Gasteiger charge is 2.13. The molecule has 0 aliphatic rings. The Labute approximate surface area is 177 Å². The van der Waals surface area contributed by atoms with Gasteiger partial charge >= 0.3 is 0 Å². The fourth-order valence-corrected chi connectivity index (χ4v) is 3.46. The van der Waals surface area contributed by atoms with Gasteiger partial charge in [-0.25, -0.2) is 4.98 Å². The first-order chi connectivity index (χ1) is 13.9. The highest BCUT2D eigenvalue weighted by Crippen LogP contribution is 2.34. The van der Waals surface area contributed by atoms with E-state index in [-0.39, 0.29) is 5.92 Å². The number of allylic oxidation sites excluding steroid dienone is 3. The highest BCUT2D eigenvalue weighted by molar-refractivity contribution is 8.04. The molecule has 1 atom stereocenters. The Balaban J connectivity index is 2.66. The monoisotopic (exact) mass is 401 g/mol. The van der Waals surface area contributed by atoms with Crippen LogP contribution in [0, 0.1) is 5.41 Å². The zero-order valence-corrected chi connectivity index (χ0v) is 17.9. The molecule has 2 aromatic rings. The molecule has 0 radical (unpaired) electrons. The smallest absolute Gasteiger partial charge is 0.0897 e. The van der Waals surface area contributed by atoms with Crippen LogP contribution in [0.2, 0.25) is 0 Å². The Morgan fingerprint density at radius 1 is 1.17 bits per heavy atom. The molecule has 0 fully saturated rings. The van der Waals surface area contributed by atoms with Gasteiger partial charge in [0.05, 0.1) is 16.7 Å². The zero-order chi connectivity index (χ0) is 21.2. The van der Waals surface area contributed by atoms with Gasteiger partial charge in [-0.15, -0.1) is 0 Å². The predicted octanol–water partition coefficient (Wildman–Crippen LogP) is 5.41. The third-order valence-corrected chi connectivity index (χ3v) is 5.09. The van der Waals surface area contributed by atoms with Crippen molar-refractivity contribution in [3.05, 3.63) is 88.4 Å². The van der Waals surface area contributed by atoms with Crippen molar-refractivity contribution in [2.75, 3.05) is 0 Å². The normalized spacial score (nSPS) is 11.7. The minimum absolute atomic E-state index is 0.210. The van der Waals surface area contributed by atoms with Crippen molar-refractivity contribution in [2.24, 2.45) is 0 Å². The molecule has 0 bridgehead atoms. The Morgan fingerprint density at radius 3 is 2.66 bits per heavy atom. The summed E-state index contributed by atoms with van der Waals surface area (Å²) in [4.78, 5) is 11.0. The molecular weight excluding hydrogens is 374 g/mol. The van der Waals surface area contributed by atoms with Crippen LogP contribution in [0.4, 0.5) is 0 Å². The van der Waals surface area contributed by atoms with E-state index in [0.717, 1.165) is 27.8 Å². The molecule has 1 unspecified atom stereocenters. The summed E-state index contributed by atoms with van der Waals surface area (Å²) in [5, 5.41) is 9.01. The third-order valence-electron chi connectivity index (χ3n) is 4.14. The van der Waals surface area contributed by atoms with Crippen LogP contribution >= 0.6 is 11.8 Å². The molecule has 0 aliphatic heterocycles. The maximum absolute atomic E-state index is 7.50. The summed E-state index contributed by atoms with van der Waals surface area (Å²) in [7, 11) is 0. The van der Waals surface area contributed by atoms with Gasteiger partial charge in [-0.05, 0) is 35.4 Å². The quantitative estimate of drug-likeness (QED) is 0.383. The van der Waals surface area contributed by atoms with Gasteiger partial charge in [0, 0.05) is 28.1 Å². The molecule has 3 nitrogen and oxygen atoms in total. The minimum Gasteiger partial charge on any atom is -0.308 e. The molecule has 1 N–H and O–H groups in total. The minimum atomic E-state index is 0.210. The molecular formula is C25H27N3S. The van der Waals surface area contributed by atoms with Crippen LogP contribution in [0.1, 0.15) is 31.7 Å². The topological polar surface area (TPSA) is 49.6 Å². The maximum atomic E-state index is 7.50. The van der Waals surface area contributed by atoms with Crippen LogP contribution in [-0.4, -0.2) is 16.2 Å². The van der Waals surface area contributed by atoms with E-state index in [0.29, 0.717) is 15.9 Å². The van der Waals surface area contributed by atoms with Gasteiger partial charge in [-0.1, -0.05) is 81.8 Å². The first-order valence-electron chi connectivity index (χ1n) is 9.48. The Morgan fingerprint density at radius 2 is 1.93 bits per heavy atom. The van der Waals surface area contributed by atoms with Crippen LogP contribution in [0.15, 0.2) is 77.2 Å². The number of hydrogen-bond acceptors (Lipinski definition) is 4. The Kier molecular flexibility index (Phi) is 8.56. The summed E-state index contributed by atoms with van der Waals surface area (Å²) in [6.07, 6.45) is 8.48. The SMILES string of the molecule is C=C(C=N)Sc1cc(-c2ccc(=C)ccccc(=C)n2)ncc1C(C)/C=C\CC. The number of hydrogen-bond donors (Lipinski definition) is 1. The van der Waals surface area contributed by atoms with Gasteiger partial charge in [0.2, 0.25) is 0 Å². The molecule has 4 heteroatoms. The molecule has 0 aromatic carbocycles. The molecule has 29 heavy (non-hydrogen) atoms. The van der Waals surface area contributed by atoms with E-state index in [1.54, 1.807) is 0 Å². The Hall–Kier alpha value is -2.98. The van der Waals surface area contributed by atoms with Crippen LogP contribution in [0.3, 0.4) is 0 Å². The van der Waals surface area contributed by atoms with Gasteiger partial charge in [-0.2, -0.15) is 0 Å². The fourth-order valence-electron chi connectivity index (χ4n) is 2.59. The van der Waals surface area contributed by atoms with Crippen molar-refractivity contribution in [3.63, 3.8) is 0 Å². The van der Waals surface area contributed by atoms with Crippen molar-refractivity contribution < 1.29 is 0 Å². The second kappa shape index (κ2) is 11.1. The standard InChI is InChI=1S/C25H27N3S/c1-6-7-11-19(3)22-17-27-24(15-25(22)29-21(5)16-26)23-14-13-18(2)10-8-9-12-20(4)28-23/h7-17,19,26H,2,4-6H2,1,3H3/b10-8?,11-7-,12-9?,14-13?,26-16?,28-23?. The van der Waals surface area contributed by atoms with Gasteiger partial charge in [-0.3, -0.25) is 4.98 Å². The van der Waals surface area contributed by atoms with Gasteiger partial charge in [0.15, 0.2) is 0 Å². The number of thioether (sulfide) groups is 1. The second-order valence-corrected chi connectivity index (χ2v) is 7.73. The van der Waals surface area contributed by atoms with Crippen molar-refractivity contribution in [1.82, 2.24) is 9.97 Å². The number of nitrogens with one attached hydrogen (secondary N) is 1. The Bertz CT molecular complexity index is 1070. The molecule has 0 saturated heterocycles. The summed E-state index contributed by atoms with van der Waals surface area (Å²) < 4.78 is 0. The number of aromatic nitrogens is 2. The molecule has 2 rings (SSSR count). The number of pyridine rings is 1. The van der Waals surface area contributed by atoms with E-state index in [1.165, 1.54) is 18.0 Å².